The van der Waals surface area contributed by atoms with E-state index in [4.69, 9.17) is 15.7 Å². The van der Waals surface area contributed by atoms with Gasteiger partial charge in [0.25, 0.3) is 5.91 Å². The summed E-state index contributed by atoms with van der Waals surface area (Å²) >= 11 is 0. The molecule has 4 heterocycles. The molecule has 0 atom stereocenters. The van der Waals surface area contributed by atoms with Gasteiger partial charge in [-0.3, -0.25) is 14.8 Å². The molecule has 4 aromatic rings. The van der Waals surface area contributed by atoms with Crippen molar-refractivity contribution in [2.75, 3.05) is 32.6 Å². The Hall–Kier alpha value is -4.22. The largest absolute Gasteiger partial charge is 0.454 e. The molecule has 0 bridgehead atoms. The maximum absolute atomic E-state index is 12.3. The van der Waals surface area contributed by atoms with Crippen molar-refractivity contribution in [3.63, 3.8) is 0 Å². The number of ether oxygens (including phenoxy) is 1. The molecule has 0 spiro atoms. The normalized spacial score (nSPS) is 13.9. The van der Waals surface area contributed by atoms with Crippen molar-refractivity contribution in [3.05, 3.63) is 71.3 Å². The molecule has 3 aromatic heterocycles. The lowest BCUT2D eigenvalue weighted by Gasteiger charge is -2.24. The topological polar surface area (TPSA) is 84.9 Å². The van der Waals surface area contributed by atoms with E-state index in [9.17, 15) is 4.79 Å². The molecule has 0 saturated carbocycles. The predicted molar refractivity (Wildman–Crippen MR) is 139 cm³/mol. The van der Waals surface area contributed by atoms with Crippen molar-refractivity contribution in [1.82, 2.24) is 14.9 Å². The van der Waals surface area contributed by atoms with E-state index < -0.39 is 0 Å². The highest BCUT2D eigenvalue weighted by molar-refractivity contribution is 5.96. The zero-order chi connectivity index (χ0) is 25.2. The lowest BCUT2D eigenvalue weighted by molar-refractivity contribution is 0.0827. The second-order valence-electron chi connectivity index (χ2n) is 9.15. The summed E-state index contributed by atoms with van der Waals surface area (Å²) in [5.74, 6) is 1.22. The first-order valence-electron chi connectivity index (χ1n) is 11.9. The summed E-state index contributed by atoms with van der Waals surface area (Å²) in [7, 11) is 3.47. The fourth-order valence-corrected chi connectivity index (χ4v) is 4.46. The van der Waals surface area contributed by atoms with Gasteiger partial charge in [-0.05, 0) is 55.2 Å². The Morgan fingerprint density at radius 2 is 1.92 bits per heavy atom. The number of fused-ring (bicyclic) bond motifs is 1. The Morgan fingerprint density at radius 1 is 1.11 bits per heavy atom. The number of aryl methyl sites for hydroxylation is 1. The molecular formula is C28H27N5O3. The molecule has 1 amide bonds. The number of carbonyl (C=O) groups excluding carboxylic acids is 1. The molecule has 36 heavy (non-hydrogen) atoms. The van der Waals surface area contributed by atoms with E-state index in [0.717, 1.165) is 35.1 Å². The van der Waals surface area contributed by atoms with Crippen molar-refractivity contribution < 1.29 is 13.9 Å². The predicted octanol–water partition coefficient (Wildman–Crippen LogP) is 5.71. The third-order valence-electron chi connectivity index (χ3n) is 6.42. The third kappa shape index (κ3) is 4.53. The van der Waals surface area contributed by atoms with Gasteiger partial charge in [0.1, 0.15) is 17.1 Å². The van der Waals surface area contributed by atoms with Gasteiger partial charge in [-0.2, -0.15) is 0 Å². The Morgan fingerprint density at radius 3 is 2.64 bits per heavy atom. The van der Waals surface area contributed by atoms with E-state index in [1.807, 2.05) is 43.3 Å². The van der Waals surface area contributed by atoms with E-state index in [-0.39, 0.29) is 11.9 Å². The number of pyridine rings is 2. The van der Waals surface area contributed by atoms with Crippen molar-refractivity contribution in [2.24, 2.45) is 0 Å². The highest BCUT2D eigenvalue weighted by Gasteiger charge is 2.19. The molecule has 1 aliphatic heterocycles. The molecule has 0 unspecified atom stereocenters. The molecule has 0 radical (unpaired) electrons. The van der Waals surface area contributed by atoms with E-state index >= 15 is 0 Å². The number of hydrogen-bond acceptors (Lipinski definition) is 6. The number of rotatable bonds is 5. The average Bonchev–Trinajstić information content (AvgIpc) is 3.33. The van der Waals surface area contributed by atoms with E-state index in [1.54, 1.807) is 31.4 Å². The lowest BCUT2D eigenvalue weighted by atomic mass is 10.0. The van der Waals surface area contributed by atoms with Crippen LogP contribution in [-0.2, 0) is 4.74 Å². The summed E-state index contributed by atoms with van der Waals surface area (Å²) in [6.45, 7) is 11.1. The van der Waals surface area contributed by atoms with E-state index in [1.165, 1.54) is 0 Å². The monoisotopic (exact) mass is 481 g/mol. The van der Waals surface area contributed by atoms with E-state index in [2.05, 4.69) is 20.1 Å². The van der Waals surface area contributed by atoms with Gasteiger partial charge in [-0.25, -0.2) is 4.85 Å². The van der Waals surface area contributed by atoms with Gasteiger partial charge in [0.15, 0.2) is 5.58 Å². The smallest absolute Gasteiger partial charge is 0.253 e. The van der Waals surface area contributed by atoms with Gasteiger partial charge < -0.3 is 19.4 Å². The van der Waals surface area contributed by atoms with Crippen LogP contribution in [0, 0.1) is 13.5 Å². The van der Waals surface area contributed by atoms with E-state index in [0.29, 0.717) is 47.1 Å². The summed E-state index contributed by atoms with van der Waals surface area (Å²) in [5, 5.41) is 3.40. The van der Waals surface area contributed by atoms with Crippen LogP contribution in [0.2, 0.25) is 0 Å². The second kappa shape index (κ2) is 9.80. The molecule has 5 rings (SSSR count). The molecule has 1 N–H and O–H groups in total. The van der Waals surface area contributed by atoms with Crippen molar-refractivity contribution in [1.29, 1.82) is 0 Å². The second-order valence-corrected chi connectivity index (χ2v) is 9.15. The van der Waals surface area contributed by atoms with Crippen LogP contribution >= 0.6 is 0 Å². The van der Waals surface area contributed by atoms with Gasteiger partial charge in [0.05, 0.1) is 6.57 Å². The van der Waals surface area contributed by atoms with Crippen LogP contribution in [0.3, 0.4) is 0 Å². The molecule has 1 aliphatic rings. The summed E-state index contributed by atoms with van der Waals surface area (Å²) < 4.78 is 11.7. The number of benzene rings is 1. The fourth-order valence-electron chi connectivity index (χ4n) is 4.46. The number of anilines is 1. The van der Waals surface area contributed by atoms with Crippen LogP contribution in [-0.4, -0.2) is 54.1 Å². The fraction of sp³-hybridized carbons (Fsp3) is 0.286. The maximum Gasteiger partial charge on any atom is 0.253 e. The summed E-state index contributed by atoms with van der Waals surface area (Å²) in [5.41, 5.74) is 5.87. The zero-order valence-corrected chi connectivity index (χ0v) is 20.5. The average molecular weight is 482 g/mol. The Balaban J connectivity index is 1.49. The zero-order valence-electron chi connectivity index (χ0n) is 20.5. The first-order valence-corrected chi connectivity index (χ1v) is 11.9. The Labute approximate surface area is 209 Å². The van der Waals surface area contributed by atoms with Gasteiger partial charge in [-0.15, -0.1) is 0 Å². The number of hydrogen-bond donors (Lipinski definition) is 1. The summed E-state index contributed by atoms with van der Waals surface area (Å²) in [4.78, 5) is 26.7. The van der Waals surface area contributed by atoms with Crippen LogP contribution in [0.25, 0.3) is 38.4 Å². The molecular weight excluding hydrogens is 454 g/mol. The molecule has 0 aliphatic carbocycles. The van der Waals surface area contributed by atoms with Crippen molar-refractivity contribution in [3.8, 4) is 22.5 Å². The minimum atomic E-state index is -0.0453. The number of furan rings is 1. The Kier molecular flexibility index (Phi) is 6.40. The summed E-state index contributed by atoms with van der Waals surface area (Å²) in [6.07, 6.45) is 5.28. The standard InChI is InChI=1S/C28H27N5O3/c1-17-13-18(28(34)33(3)4)5-6-21(17)25-15-23-26(36-25)22(7-10-30-23)19-14-24(29-2)27(31-16-19)32-20-8-11-35-12-9-20/h5-7,10,13-16,20H,8-9,11-12H2,1,3-4H3,(H,31,32). The van der Waals surface area contributed by atoms with Gasteiger partial charge in [-0.1, -0.05) is 6.07 Å². The molecule has 1 aromatic carbocycles. The molecule has 1 fully saturated rings. The molecule has 1 saturated heterocycles. The number of amides is 1. The van der Waals surface area contributed by atoms with Crippen LogP contribution in [0.5, 0.6) is 0 Å². The summed E-state index contributed by atoms with van der Waals surface area (Å²) in [6, 6.07) is 11.4. The van der Waals surface area contributed by atoms with Gasteiger partial charge >= 0.3 is 0 Å². The maximum atomic E-state index is 12.3. The first-order chi connectivity index (χ1) is 17.4. The van der Waals surface area contributed by atoms with Crippen molar-refractivity contribution >= 4 is 28.5 Å². The highest BCUT2D eigenvalue weighted by atomic mass is 16.5. The lowest BCUT2D eigenvalue weighted by Crippen LogP contribution is -2.28. The minimum Gasteiger partial charge on any atom is -0.454 e. The highest BCUT2D eigenvalue weighted by Crippen LogP contribution is 2.37. The van der Waals surface area contributed by atoms with Crippen molar-refractivity contribution in [2.45, 2.75) is 25.8 Å². The SMILES string of the molecule is [C-]#[N+]c1cc(-c2ccnc3cc(-c4ccc(C(=O)N(C)C)cc4C)oc23)cnc1NC1CCOCC1. The van der Waals surface area contributed by atoms with Gasteiger partial charge in [0.2, 0.25) is 5.69 Å². The number of nitrogens with zero attached hydrogens (tertiary/aromatic N) is 4. The Bertz CT molecular complexity index is 1480. The van der Waals surface area contributed by atoms with Crippen LogP contribution in [0.15, 0.2) is 53.2 Å². The minimum absolute atomic E-state index is 0.0453. The molecule has 8 heteroatoms. The number of nitrogens with one attached hydrogen (secondary N) is 1. The number of aromatic nitrogens is 2. The first kappa shape index (κ1) is 23.5. The third-order valence-corrected chi connectivity index (χ3v) is 6.42. The van der Waals surface area contributed by atoms with Crippen LogP contribution < -0.4 is 5.32 Å². The van der Waals surface area contributed by atoms with Crippen LogP contribution in [0.1, 0.15) is 28.8 Å². The number of carbonyl (C=O) groups is 1. The van der Waals surface area contributed by atoms with Gasteiger partial charge in [0, 0.05) is 68.5 Å². The quantitative estimate of drug-likeness (QED) is 0.368. The van der Waals surface area contributed by atoms with Crippen LogP contribution in [0.4, 0.5) is 11.5 Å². The molecule has 182 valence electrons. The molecule has 8 nitrogen and oxygen atoms in total.